The van der Waals surface area contributed by atoms with Crippen molar-refractivity contribution in [2.75, 3.05) is 0 Å². The number of nitrogen functional groups attached to an aromatic ring is 1. The number of nitrogens with zero attached hydrogens (tertiary/aromatic N) is 1. The van der Waals surface area contributed by atoms with Gasteiger partial charge >= 0.3 is 0 Å². The van der Waals surface area contributed by atoms with E-state index < -0.39 is 0 Å². The third-order valence-corrected chi connectivity index (χ3v) is 1.75. The minimum Gasteiger partial charge on any atom is -0.364 e. The van der Waals surface area contributed by atoms with Gasteiger partial charge in [-0.15, -0.1) is 0 Å². The average molecular weight is 177 g/mol. The lowest BCUT2D eigenvalue weighted by Crippen LogP contribution is -2.29. The molecular formula is C8H7N3O2. The number of benzene rings is 1. The molecule has 0 saturated carbocycles. The summed E-state index contributed by atoms with van der Waals surface area (Å²) < 4.78 is 4.72. The lowest BCUT2D eigenvalue weighted by Gasteiger charge is -1.97. The van der Waals surface area contributed by atoms with Crippen molar-refractivity contribution in [2.24, 2.45) is 5.84 Å². The largest absolute Gasteiger partial charge is 0.364 e. The summed E-state index contributed by atoms with van der Waals surface area (Å²) in [5.74, 6) is 4.64. The number of hydrazine groups is 1. The summed E-state index contributed by atoms with van der Waals surface area (Å²) in [6.45, 7) is 0. The van der Waals surface area contributed by atoms with Crippen molar-refractivity contribution in [3.63, 3.8) is 0 Å². The average Bonchev–Trinajstić information content (AvgIpc) is 2.63. The molecule has 0 radical (unpaired) electrons. The summed E-state index contributed by atoms with van der Waals surface area (Å²) in [6.07, 6.45) is 1.51. The van der Waals surface area contributed by atoms with E-state index in [4.69, 9.17) is 10.4 Å². The molecule has 5 nitrogen and oxygen atoms in total. The van der Waals surface area contributed by atoms with Crippen LogP contribution in [0, 0.1) is 0 Å². The molecule has 1 heterocycles. The summed E-state index contributed by atoms with van der Waals surface area (Å²) in [7, 11) is 0. The van der Waals surface area contributed by atoms with E-state index >= 15 is 0 Å². The summed E-state index contributed by atoms with van der Waals surface area (Å²) in [6, 6.07) is 5.01. The molecule has 2 aromatic rings. The highest BCUT2D eigenvalue weighted by Gasteiger charge is 2.05. The van der Waals surface area contributed by atoms with Crippen LogP contribution < -0.4 is 11.3 Å². The van der Waals surface area contributed by atoms with Gasteiger partial charge in [-0.05, 0) is 18.2 Å². The maximum absolute atomic E-state index is 11.1. The van der Waals surface area contributed by atoms with Crippen LogP contribution in [0.1, 0.15) is 10.4 Å². The topological polar surface area (TPSA) is 81.1 Å². The van der Waals surface area contributed by atoms with E-state index in [1.807, 2.05) is 5.43 Å². The standard InChI is InChI=1S/C8H7N3O2/c9-10-8(12)5-1-2-6-4-13-11-7(6)3-5/h1-4H,9H2,(H,10,12). The first kappa shape index (κ1) is 7.75. The van der Waals surface area contributed by atoms with Gasteiger partial charge in [-0.2, -0.15) is 0 Å². The molecule has 0 spiro atoms. The third-order valence-electron chi connectivity index (χ3n) is 1.75. The van der Waals surface area contributed by atoms with Crippen molar-refractivity contribution in [3.05, 3.63) is 30.0 Å². The van der Waals surface area contributed by atoms with Crippen molar-refractivity contribution < 1.29 is 9.32 Å². The highest BCUT2D eigenvalue weighted by molar-refractivity contribution is 5.97. The normalized spacial score (nSPS) is 10.2. The molecule has 0 aliphatic rings. The zero-order chi connectivity index (χ0) is 9.26. The summed E-state index contributed by atoms with van der Waals surface area (Å²) in [4.78, 5) is 11.1. The Labute approximate surface area is 73.5 Å². The third kappa shape index (κ3) is 1.25. The Morgan fingerprint density at radius 2 is 2.38 bits per heavy atom. The molecule has 0 saturated heterocycles. The van der Waals surface area contributed by atoms with Crippen molar-refractivity contribution in [1.29, 1.82) is 0 Å². The van der Waals surface area contributed by atoms with Crippen LogP contribution in [0.25, 0.3) is 10.9 Å². The van der Waals surface area contributed by atoms with Gasteiger partial charge in [-0.1, -0.05) is 5.16 Å². The van der Waals surface area contributed by atoms with Gasteiger partial charge in [-0.3, -0.25) is 10.2 Å². The molecule has 0 aliphatic heterocycles. The van der Waals surface area contributed by atoms with Gasteiger partial charge in [-0.25, -0.2) is 5.84 Å². The second-order valence-corrected chi connectivity index (χ2v) is 2.56. The Balaban J connectivity index is 2.54. The molecule has 3 N–H and O–H groups in total. The number of nitrogens with two attached hydrogens (primary N) is 1. The van der Waals surface area contributed by atoms with Crippen LogP contribution in [-0.2, 0) is 0 Å². The Kier molecular flexibility index (Phi) is 1.71. The number of nitrogens with one attached hydrogen (secondary N) is 1. The second-order valence-electron chi connectivity index (χ2n) is 2.56. The highest BCUT2D eigenvalue weighted by Crippen LogP contribution is 2.13. The fraction of sp³-hybridized carbons (Fsp3) is 0. The zero-order valence-corrected chi connectivity index (χ0v) is 6.65. The van der Waals surface area contributed by atoms with Crippen LogP contribution in [0.2, 0.25) is 0 Å². The van der Waals surface area contributed by atoms with Crippen LogP contribution >= 0.6 is 0 Å². The maximum Gasteiger partial charge on any atom is 0.265 e. The molecule has 1 aromatic heterocycles. The number of aromatic nitrogens is 1. The predicted octanol–water partition coefficient (Wildman–Crippen LogP) is 0.431. The molecule has 5 heteroatoms. The quantitative estimate of drug-likeness (QED) is 0.376. The Bertz CT molecular complexity index is 449. The van der Waals surface area contributed by atoms with Gasteiger partial charge in [0.05, 0.1) is 0 Å². The number of carbonyl (C=O) groups excluding carboxylic acids is 1. The van der Waals surface area contributed by atoms with E-state index in [2.05, 4.69) is 5.16 Å². The van der Waals surface area contributed by atoms with Crippen LogP contribution in [0.4, 0.5) is 0 Å². The molecule has 2 rings (SSSR count). The Morgan fingerprint density at radius 1 is 1.54 bits per heavy atom. The second kappa shape index (κ2) is 2.87. The van der Waals surface area contributed by atoms with Crippen molar-refractivity contribution in [3.8, 4) is 0 Å². The van der Waals surface area contributed by atoms with E-state index in [1.165, 1.54) is 6.26 Å². The fourth-order valence-corrected chi connectivity index (χ4v) is 1.09. The van der Waals surface area contributed by atoms with Crippen molar-refractivity contribution in [1.82, 2.24) is 10.6 Å². The zero-order valence-electron chi connectivity index (χ0n) is 6.65. The maximum atomic E-state index is 11.1. The monoisotopic (exact) mass is 177 g/mol. The van der Waals surface area contributed by atoms with Crippen LogP contribution in [0.5, 0.6) is 0 Å². The first-order chi connectivity index (χ1) is 6.31. The highest BCUT2D eigenvalue weighted by atomic mass is 16.5. The van der Waals surface area contributed by atoms with E-state index in [0.717, 1.165) is 5.39 Å². The van der Waals surface area contributed by atoms with Gasteiger partial charge < -0.3 is 4.52 Å². The predicted molar refractivity (Wildman–Crippen MR) is 45.7 cm³/mol. The molecule has 1 amide bonds. The summed E-state index contributed by atoms with van der Waals surface area (Å²) >= 11 is 0. The molecule has 0 bridgehead atoms. The van der Waals surface area contributed by atoms with E-state index in [-0.39, 0.29) is 5.91 Å². The summed E-state index contributed by atoms with van der Waals surface area (Å²) in [5.41, 5.74) is 3.14. The molecule has 0 unspecified atom stereocenters. The number of hydrogen-bond donors (Lipinski definition) is 2. The van der Waals surface area contributed by atoms with Gasteiger partial charge in [0.15, 0.2) is 0 Å². The fourth-order valence-electron chi connectivity index (χ4n) is 1.09. The number of carbonyl (C=O) groups is 1. The molecule has 1 aromatic carbocycles. The lowest BCUT2D eigenvalue weighted by atomic mass is 10.1. The first-order valence-electron chi connectivity index (χ1n) is 3.66. The summed E-state index contributed by atoms with van der Waals surface area (Å²) in [5, 5.41) is 4.56. The Morgan fingerprint density at radius 3 is 3.15 bits per heavy atom. The number of amides is 1. The molecule has 13 heavy (non-hydrogen) atoms. The molecule has 0 fully saturated rings. The van der Waals surface area contributed by atoms with Gasteiger partial charge in [0.1, 0.15) is 11.8 Å². The SMILES string of the molecule is NNC(=O)c1ccc2conc2c1. The van der Waals surface area contributed by atoms with Crippen LogP contribution in [0.15, 0.2) is 29.0 Å². The molecule has 66 valence electrons. The van der Waals surface area contributed by atoms with E-state index in [0.29, 0.717) is 11.1 Å². The van der Waals surface area contributed by atoms with E-state index in [1.54, 1.807) is 18.2 Å². The van der Waals surface area contributed by atoms with Crippen LogP contribution in [-0.4, -0.2) is 11.1 Å². The van der Waals surface area contributed by atoms with Gasteiger partial charge in [0.25, 0.3) is 5.91 Å². The number of hydrogen-bond acceptors (Lipinski definition) is 4. The minimum absolute atomic E-state index is 0.343. The van der Waals surface area contributed by atoms with Crippen LogP contribution in [0.3, 0.4) is 0 Å². The molecule has 0 aliphatic carbocycles. The minimum atomic E-state index is -0.343. The molecular weight excluding hydrogens is 170 g/mol. The Hall–Kier alpha value is -1.88. The van der Waals surface area contributed by atoms with E-state index in [9.17, 15) is 4.79 Å². The number of rotatable bonds is 1. The molecule has 0 atom stereocenters. The van der Waals surface area contributed by atoms with Gasteiger partial charge in [0.2, 0.25) is 0 Å². The van der Waals surface area contributed by atoms with Crippen molar-refractivity contribution >= 4 is 16.8 Å². The van der Waals surface area contributed by atoms with Crippen molar-refractivity contribution in [2.45, 2.75) is 0 Å². The first-order valence-corrected chi connectivity index (χ1v) is 3.66. The lowest BCUT2D eigenvalue weighted by molar-refractivity contribution is 0.0954. The van der Waals surface area contributed by atoms with Gasteiger partial charge in [0, 0.05) is 10.9 Å². The smallest absolute Gasteiger partial charge is 0.265 e. The number of fused-ring (bicyclic) bond motifs is 1.